The van der Waals surface area contributed by atoms with Crippen molar-refractivity contribution in [1.29, 1.82) is 0 Å². The fourth-order valence-electron chi connectivity index (χ4n) is 2.16. The number of carbonyl (C=O) groups is 2. The normalized spacial score (nSPS) is 11.4. The number of hydrogen-bond acceptors (Lipinski definition) is 4. The monoisotopic (exact) mass is 358 g/mol. The molecule has 0 aromatic heterocycles. The van der Waals surface area contributed by atoms with Crippen LogP contribution >= 0.6 is 0 Å². The van der Waals surface area contributed by atoms with Crippen LogP contribution in [0.4, 0.5) is 0 Å². The van der Waals surface area contributed by atoms with Gasteiger partial charge in [-0.25, -0.2) is 4.79 Å². The Balaban J connectivity index is 3.61. The molecule has 0 aromatic rings. The molecule has 0 atom stereocenters. The first kappa shape index (κ1) is 22.1. The van der Waals surface area contributed by atoms with Crippen LogP contribution in [0, 0.1) is 0 Å². The molecule has 0 aliphatic rings. The lowest BCUT2D eigenvalue weighted by Crippen LogP contribution is -2.14. The molecule has 0 saturated heterocycles. The molecular weight excluding hydrogens is 324 g/mol. The molecule has 0 rings (SSSR count). The molecule has 4 nitrogen and oxygen atoms in total. The third-order valence-corrected chi connectivity index (χ3v) is 8.05. The van der Waals surface area contributed by atoms with Crippen LogP contribution in [-0.4, -0.2) is 44.2 Å². The fourth-order valence-corrected chi connectivity index (χ4v) is 4.98. The summed E-state index contributed by atoms with van der Waals surface area (Å²) in [6.07, 6.45) is 4.32. The third kappa shape index (κ3) is 14.4. The van der Waals surface area contributed by atoms with Crippen molar-refractivity contribution < 1.29 is 19.1 Å². The minimum absolute atomic E-state index is 0.0261. The second kappa shape index (κ2) is 16.0. The van der Waals surface area contributed by atoms with Crippen molar-refractivity contribution in [3.05, 3.63) is 12.2 Å². The second-order valence-electron chi connectivity index (χ2n) is 5.97. The topological polar surface area (TPSA) is 52.6 Å². The Morgan fingerprint density at radius 1 is 0.870 bits per heavy atom. The van der Waals surface area contributed by atoms with Gasteiger partial charge < -0.3 is 9.47 Å². The highest BCUT2D eigenvalue weighted by molar-refractivity contribution is 6.35. The van der Waals surface area contributed by atoms with Crippen molar-refractivity contribution in [3.8, 4) is 0 Å². The van der Waals surface area contributed by atoms with Crippen LogP contribution in [0.2, 0.25) is 24.2 Å². The summed E-state index contributed by atoms with van der Waals surface area (Å²) in [5.74, 6) is -0.839. The van der Waals surface area contributed by atoms with E-state index < -0.39 is 5.97 Å². The molecule has 0 unspecified atom stereocenters. The highest BCUT2D eigenvalue weighted by atomic mass is 28.2. The van der Waals surface area contributed by atoms with Gasteiger partial charge in [0, 0.05) is 24.6 Å². The van der Waals surface area contributed by atoms with E-state index >= 15 is 0 Å². The lowest BCUT2D eigenvalue weighted by atomic mass is 10.2. The molecule has 6 heteroatoms. The zero-order valence-electron chi connectivity index (χ0n) is 15.0. The number of carbonyl (C=O) groups excluding carboxylic acids is 2. The van der Waals surface area contributed by atoms with E-state index in [1.54, 1.807) is 0 Å². The first-order valence-corrected chi connectivity index (χ1v) is 13.1. The fraction of sp³-hybridized carbons (Fsp3) is 0.765. The number of esters is 2. The van der Waals surface area contributed by atoms with Gasteiger partial charge in [-0.3, -0.25) is 4.79 Å². The van der Waals surface area contributed by atoms with Gasteiger partial charge in [-0.05, 0) is 12.8 Å². The van der Waals surface area contributed by atoms with Gasteiger partial charge >= 0.3 is 11.9 Å². The average molecular weight is 359 g/mol. The molecule has 0 heterocycles. The van der Waals surface area contributed by atoms with Crippen molar-refractivity contribution in [2.75, 3.05) is 13.2 Å². The maximum absolute atomic E-state index is 11.7. The molecule has 0 saturated carbocycles. The lowest BCUT2D eigenvalue weighted by Gasteiger charge is -2.08. The van der Waals surface area contributed by atoms with Crippen molar-refractivity contribution >= 4 is 31.0 Å². The van der Waals surface area contributed by atoms with Gasteiger partial charge in [-0.2, -0.15) is 0 Å². The van der Waals surface area contributed by atoms with E-state index in [1.807, 2.05) is 0 Å². The van der Waals surface area contributed by atoms with Crippen molar-refractivity contribution in [3.63, 3.8) is 0 Å². The maximum atomic E-state index is 11.7. The summed E-state index contributed by atoms with van der Waals surface area (Å²) < 4.78 is 10.3. The molecule has 0 N–H and O–H groups in total. The predicted molar refractivity (Wildman–Crippen MR) is 102 cm³/mol. The van der Waals surface area contributed by atoms with Crippen LogP contribution < -0.4 is 0 Å². The lowest BCUT2D eigenvalue weighted by molar-refractivity contribution is -0.146. The summed E-state index contributed by atoms with van der Waals surface area (Å²) in [6.45, 7) is 8.92. The summed E-state index contributed by atoms with van der Waals surface area (Å²) in [7, 11) is 0.0596. The van der Waals surface area contributed by atoms with Crippen molar-refractivity contribution in [2.45, 2.75) is 70.1 Å². The summed E-state index contributed by atoms with van der Waals surface area (Å²) >= 11 is 0. The Morgan fingerprint density at radius 3 is 1.91 bits per heavy atom. The first-order chi connectivity index (χ1) is 11.1. The summed E-state index contributed by atoms with van der Waals surface area (Å²) in [6, 6.07) is 5.13. The van der Waals surface area contributed by atoms with Gasteiger partial charge in [0.2, 0.25) is 0 Å². The Bertz CT molecular complexity index is 345. The van der Waals surface area contributed by atoms with E-state index in [1.165, 1.54) is 37.0 Å². The van der Waals surface area contributed by atoms with Crippen LogP contribution in [0.1, 0.15) is 46.0 Å². The van der Waals surface area contributed by atoms with E-state index in [0.29, 0.717) is 13.2 Å². The smallest absolute Gasteiger partial charge is 0.333 e. The average Bonchev–Trinajstić information content (AvgIpc) is 2.53. The standard InChI is InChI=1S/C17H34O4Si2/c1-4-10-22-12-6-8-20-16(18)14-15(3)17(19)21-9-7-13-23-11-5-2/h3-14,22-23H2,1-2H3. The van der Waals surface area contributed by atoms with Crippen LogP contribution in [-0.2, 0) is 19.1 Å². The molecule has 0 aliphatic heterocycles. The Hall–Kier alpha value is -0.886. The molecule has 0 bridgehead atoms. The van der Waals surface area contributed by atoms with Crippen molar-refractivity contribution in [1.82, 2.24) is 0 Å². The van der Waals surface area contributed by atoms with Crippen LogP contribution in [0.3, 0.4) is 0 Å². The van der Waals surface area contributed by atoms with Gasteiger partial charge in [0.1, 0.15) is 0 Å². The van der Waals surface area contributed by atoms with Crippen molar-refractivity contribution in [2.24, 2.45) is 0 Å². The molecule has 23 heavy (non-hydrogen) atoms. The van der Waals surface area contributed by atoms with E-state index in [-0.39, 0.29) is 37.0 Å². The van der Waals surface area contributed by atoms with Crippen LogP contribution in [0.15, 0.2) is 12.2 Å². The summed E-state index contributed by atoms with van der Waals surface area (Å²) in [5, 5.41) is 0. The highest BCUT2D eigenvalue weighted by Gasteiger charge is 2.14. The number of rotatable bonds is 15. The van der Waals surface area contributed by atoms with Gasteiger partial charge in [0.25, 0.3) is 0 Å². The molecule has 0 spiro atoms. The van der Waals surface area contributed by atoms with E-state index in [4.69, 9.17) is 9.47 Å². The molecule has 0 amide bonds. The van der Waals surface area contributed by atoms with E-state index in [2.05, 4.69) is 20.4 Å². The minimum atomic E-state index is -0.463. The molecule has 0 radical (unpaired) electrons. The van der Waals surface area contributed by atoms with Gasteiger partial charge in [-0.1, -0.05) is 57.4 Å². The predicted octanol–water partition coefficient (Wildman–Crippen LogP) is 2.63. The summed E-state index contributed by atoms with van der Waals surface area (Å²) in [4.78, 5) is 23.3. The highest BCUT2D eigenvalue weighted by Crippen LogP contribution is 2.05. The zero-order valence-corrected chi connectivity index (χ0v) is 17.9. The van der Waals surface area contributed by atoms with Crippen LogP contribution in [0.5, 0.6) is 0 Å². The third-order valence-electron chi connectivity index (χ3n) is 3.64. The SMILES string of the molecule is C=C(CC(=O)OCCC[SiH2]CCC)C(=O)OCCC[SiH2]CCC. The van der Waals surface area contributed by atoms with E-state index in [0.717, 1.165) is 12.8 Å². The molecule has 0 fully saturated rings. The minimum Gasteiger partial charge on any atom is -0.465 e. The molecule has 134 valence electrons. The quantitative estimate of drug-likeness (QED) is 0.195. The van der Waals surface area contributed by atoms with Gasteiger partial charge in [0.05, 0.1) is 19.6 Å². The summed E-state index contributed by atoms with van der Waals surface area (Å²) in [5.41, 5.74) is 0.196. The second-order valence-corrected chi connectivity index (χ2v) is 10.2. The largest absolute Gasteiger partial charge is 0.465 e. The Morgan fingerprint density at radius 2 is 1.39 bits per heavy atom. The van der Waals surface area contributed by atoms with Gasteiger partial charge in [0.15, 0.2) is 0 Å². The van der Waals surface area contributed by atoms with E-state index in [9.17, 15) is 9.59 Å². The number of ether oxygens (including phenoxy) is 2. The Labute approximate surface area is 146 Å². The maximum Gasteiger partial charge on any atom is 0.333 e. The number of hydrogen-bond donors (Lipinski definition) is 0. The first-order valence-electron chi connectivity index (χ1n) is 9.12. The molecular formula is C17H34O4Si2. The Kier molecular flexibility index (Phi) is 15.4. The van der Waals surface area contributed by atoms with Gasteiger partial charge in [-0.15, -0.1) is 0 Å². The molecule has 0 aliphatic carbocycles. The zero-order chi connectivity index (χ0) is 17.3. The molecule has 0 aromatic carbocycles. The van der Waals surface area contributed by atoms with Crippen LogP contribution in [0.25, 0.3) is 0 Å².